The topological polar surface area (TPSA) is 104 Å². The average molecular weight is 461 g/mol. The molecule has 4 rings (SSSR count). The van der Waals surface area contributed by atoms with E-state index in [1.807, 2.05) is 29.0 Å². The van der Waals surface area contributed by atoms with E-state index < -0.39 is 5.97 Å². The van der Waals surface area contributed by atoms with Crippen LogP contribution >= 0.6 is 11.3 Å². The molecular formula is C24H19N3O5S. The molecule has 0 aliphatic rings. The summed E-state index contributed by atoms with van der Waals surface area (Å²) < 4.78 is 15.6. The van der Waals surface area contributed by atoms with Crippen molar-refractivity contribution in [3.63, 3.8) is 0 Å². The lowest BCUT2D eigenvalue weighted by Gasteiger charge is -2.09. The van der Waals surface area contributed by atoms with Gasteiger partial charge >= 0.3 is 5.97 Å². The van der Waals surface area contributed by atoms with Gasteiger partial charge in [0.1, 0.15) is 5.75 Å². The zero-order valence-electron chi connectivity index (χ0n) is 17.6. The maximum Gasteiger partial charge on any atom is 0.340 e. The van der Waals surface area contributed by atoms with Gasteiger partial charge in [0.15, 0.2) is 6.61 Å². The lowest BCUT2D eigenvalue weighted by Crippen LogP contribution is -2.14. The van der Waals surface area contributed by atoms with E-state index in [0.29, 0.717) is 11.6 Å². The molecule has 0 spiro atoms. The Kier molecular flexibility index (Phi) is 6.91. The van der Waals surface area contributed by atoms with Gasteiger partial charge in [0.2, 0.25) is 11.7 Å². The first-order valence-electron chi connectivity index (χ1n) is 9.87. The summed E-state index contributed by atoms with van der Waals surface area (Å²) in [6, 6.07) is 15.7. The number of nitrogens with one attached hydrogen (secondary N) is 1. The fourth-order valence-electron chi connectivity index (χ4n) is 2.86. The summed E-state index contributed by atoms with van der Waals surface area (Å²) in [5.74, 6) is 0.330. The maximum absolute atomic E-state index is 12.6. The molecule has 0 saturated heterocycles. The van der Waals surface area contributed by atoms with Gasteiger partial charge in [0.25, 0.3) is 5.89 Å². The van der Waals surface area contributed by atoms with Crippen LogP contribution in [0.4, 0.5) is 5.69 Å². The monoisotopic (exact) mass is 461 g/mol. The molecule has 0 unspecified atom stereocenters. The van der Waals surface area contributed by atoms with Crippen molar-refractivity contribution >= 4 is 35.0 Å². The molecule has 0 bridgehead atoms. The van der Waals surface area contributed by atoms with Gasteiger partial charge in [-0.05, 0) is 47.4 Å². The van der Waals surface area contributed by atoms with Gasteiger partial charge in [-0.1, -0.05) is 29.4 Å². The second kappa shape index (κ2) is 10.4. The fourth-order valence-corrected chi connectivity index (χ4v) is 3.49. The first kappa shape index (κ1) is 22.0. The number of benzene rings is 2. The van der Waals surface area contributed by atoms with Crippen LogP contribution in [0.1, 0.15) is 21.7 Å². The number of amides is 1. The zero-order valence-corrected chi connectivity index (χ0v) is 18.4. The number of esters is 1. The van der Waals surface area contributed by atoms with Gasteiger partial charge in [-0.15, -0.1) is 0 Å². The van der Waals surface area contributed by atoms with Gasteiger partial charge in [0.05, 0.1) is 23.9 Å². The Labute approximate surface area is 193 Å². The minimum atomic E-state index is -0.619. The van der Waals surface area contributed by atoms with Crippen LogP contribution in [0, 0.1) is 0 Å². The smallest absolute Gasteiger partial charge is 0.340 e. The summed E-state index contributed by atoms with van der Waals surface area (Å²) in [4.78, 5) is 29.2. The summed E-state index contributed by atoms with van der Waals surface area (Å²) in [5.41, 5.74) is 2.19. The van der Waals surface area contributed by atoms with Crippen LogP contribution in [0.25, 0.3) is 17.5 Å². The van der Waals surface area contributed by atoms with E-state index in [1.54, 1.807) is 49.6 Å². The third-order valence-electron chi connectivity index (χ3n) is 4.52. The first-order chi connectivity index (χ1) is 16.1. The van der Waals surface area contributed by atoms with Gasteiger partial charge in [-0.25, -0.2) is 4.79 Å². The summed E-state index contributed by atoms with van der Waals surface area (Å²) >= 11 is 1.51. The van der Waals surface area contributed by atoms with Crippen molar-refractivity contribution < 1.29 is 23.6 Å². The number of anilines is 1. The number of para-hydroxylation sites is 1. The molecular weight excluding hydrogens is 442 g/mol. The normalized spacial score (nSPS) is 10.8. The second-order valence-electron chi connectivity index (χ2n) is 6.75. The Morgan fingerprint density at radius 3 is 2.70 bits per heavy atom. The van der Waals surface area contributed by atoms with E-state index in [1.165, 1.54) is 17.4 Å². The molecule has 0 aliphatic heterocycles. The molecule has 0 aliphatic carbocycles. The molecule has 0 saturated carbocycles. The molecule has 4 aromatic rings. The van der Waals surface area contributed by atoms with E-state index in [4.69, 9.17) is 14.0 Å². The highest BCUT2D eigenvalue weighted by Crippen LogP contribution is 2.21. The van der Waals surface area contributed by atoms with Crippen LogP contribution < -0.4 is 10.1 Å². The summed E-state index contributed by atoms with van der Waals surface area (Å²) in [6.45, 7) is -0.161. The van der Waals surface area contributed by atoms with Crippen molar-refractivity contribution in [2.24, 2.45) is 0 Å². The van der Waals surface area contributed by atoms with Crippen molar-refractivity contribution in [1.29, 1.82) is 0 Å². The Morgan fingerprint density at radius 1 is 1.12 bits per heavy atom. The van der Waals surface area contributed by atoms with Crippen LogP contribution in [-0.4, -0.2) is 29.1 Å². The summed E-state index contributed by atoms with van der Waals surface area (Å²) in [7, 11) is 1.59. The van der Waals surface area contributed by atoms with Crippen molar-refractivity contribution in [3.8, 4) is 17.2 Å². The van der Waals surface area contributed by atoms with Gasteiger partial charge in [0, 0.05) is 11.5 Å². The Hall–Kier alpha value is -4.24. The maximum atomic E-state index is 12.6. The summed E-state index contributed by atoms with van der Waals surface area (Å²) in [5, 5.41) is 10.3. The van der Waals surface area contributed by atoms with E-state index in [9.17, 15) is 9.59 Å². The molecule has 8 nitrogen and oxygen atoms in total. The molecule has 0 radical (unpaired) electrons. The predicted octanol–water partition coefficient (Wildman–Crippen LogP) is 4.82. The SMILES string of the molecule is COc1ccc(/C=C/C(=O)Nc2ccccc2C(=O)OCc2noc(-c3ccsc3)n2)cc1. The molecule has 1 N–H and O–H groups in total. The number of thiophene rings is 1. The quantitative estimate of drug-likeness (QED) is 0.296. The number of carbonyl (C=O) groups excluding carboxylic acids is 2. The number of carbonyl (C=O) groups is 2. The zero-order chi connectivity index (χ0) is 23.0. The van der Waals surface area contributed by atoms with Crippen molar-refractivity contribution in [3.05, 3.63) is 88.4 Å². The molecule has 2 aromatic carbocycles. The molecule has 1 amide bonds. The molecule has 2 heterocycles. The van der Waals surface area contributed by atoms with E-state index in [2.05, 4.69) is 15.5 Å². The van der Waals surface area contributed by atoms with E-state index in [-0.39, 0.29) is 23.9 Å². The van der Waals surface area contributed by atoms with Crippen molar-refractivity contribution in [2.75, 3.05) is 12.4 Å². The standard InChI is InChI=1S/C24H19N3O5S/c1-30-18-9-6-16(7-10-18)8-11-22(28)25-20-5-3-2-4-19(20)24(29)31-14-21-26-23(32-27-21)17-12-13-33-15-17/h2-13,15H,14H2,1H3,(H,25,28)/b11-8+. The van der Waals surface area contributed by atoms with Crippen LogP contribution in [-0.2, 0) is 16.1 Å². The number of hydrogen-bond donors (Lipinski definition) is 1. The van der Waals surface area contributed by atoms with Crippen LogP contribution in [0.15, 0.2) is 76.0 Å². The predicted molar refractivity (Wildman–Crippen MR) is 124 cm³/mol. The summed E-state index contributed by atoms with van der Waals surface area (Å²) in [6.07, 6.45) is 3.05. The highest BCUT2D eigenvalue weighted by atomic mass is 32.1. The van der Waals surface area contributed by atoms with E-state index in [0.717, 1.165) is 16.9 Å². The third-order valence-corrected chi connectivity index (χ3v) is 5.20. The third kappa shape index (κ3) is 5.72. The van der Waals surface area contributed by atoms with Crippen LogP contribution in [0.3, 0.4) is 0 Å². The Bertz CT molecular complexity index is 1260. The molecule has 2 aromatic heterocycles. The largest absolute Gasteiger partial charge is 0.497 e. The minimum Gasteiger partial charge on any atom is -0.497 e. The molecule has 0 fully saturated rings. The van der Waals surface area contributed by atoms with Gasteiger partial charge in [-0.2, -0.15) is 16.3 Å². The van der Waals surface area contributed by atoms with Gasteiger partial charge in [-0.3, -0.25) is 4.79 Å². The Balaban J connectivity index is 1.37. The number of methoxy groups -OCH3 is 1. The molecule has 166 valence electrons. The van der Waals surface area contributed by atoms with Crippen molar-refractivity contribution in [1.82, 2.24) is 10.1 Å². The molecule has 33 heavy (non-hydrogen) atoms. The van der Waals surface area contributed by atoms with Crippen LogP contribution in [0.2, 0.25) is 0 Å². The van der Waals surface area contributed by atoms with Gasteiger partial charge < -0.3 is 19.3 Å². The fraction of sp³-hybridized carbons (Fsp3) is 0.0833. The lowest BCUT2D eigenvalue weighted by molar-refractivity contribution is -0.111. The number of rotatable bonds is 8. The number of aromatic nitrogens is 2. The second-order valence-corrected chi connectivity index (χ2v) is 7.53. The van der Waals surface area contributed by atoms with Crippen molar-refractivity contribution in [2.45, 2.75) is 6.61 Å². The number of hydrogen-bond acceptors (Lipinski definition) is 8. The average Bonchev–Trinajstić information content (AvgIpc) is 3.54. The minimum absolute atomic E-state index is 0.161. The number of nitrogens with zero attached hydrogens (tertiary/aromatic N) is 2. The molecule has 9 heteroatoms. The Morgan fingerprint density at radius 2 is 1.94 bits per heavy atom. The molecule has 0 atom stereocenters. The highest BCUT2D eigenvalue weighted by Gasteiger charge is 2.16. The van der Waals surface area contributed by atoms with Crippen LogP contribution in [0.5, 0.6) is 5.75 Å². The highest BCUT2D eigenvalue weighted by molar-refractivity contribution is 7.08. The van der Waals surface area contributed by atoms with E-state index >= 15 is 0 Å². The first-order valence-corrected chi connectivity index (χ1v) is 10.8. The lowest BCUT2D eigenvalue weighted by atomic mass is 10.1. The number of ether oxygens (including phenoxy) is 2.